The molecule has 6 nitrogen and oxygen atoms in total. The first-order valence-electron chi connectivity index (χ1n) is 9.14. The van der Waals surface area contributed by atoms with E-state index in [1.807, 2.05) is 4.90 Å². The van der Waals surface area contributed by atoms with E-state index in [2.05, 4.69) is 11.6 Å². The number of amides is 1. The number of benzene rings is 1. The molecule has 0 unspecified atom stereocenters. The van der Waals surface area contributed by atoms with E-state index in [-0.39, 0.29) is 17.8 Å². The minimum Gasteiger partial charge on any atom is -0.338 e. The van der Waals surface area contributed by atoms with Crippen LogP contribution in [0, 0.1) is 5.82 Å². The fourth-order valence-corrected chi connectivity index (χ4v) is 5.18. The SMILES string of the molecule is CC[C@H]1CCCCN1C(=O)[C@H]1C[C@@H](c2ccc(F)cc2)NS(=O)(=O)N1C. The Bertz CT molecular complexity index is 753. The van der Waals surface area contributed by atoms with Crippen LogP contribution in [0.5, 0.6) is 0 Å². The molecular weight excluding hydrogens is 357 g/mol. The number of likely N-dealkylation sites (N-methyl/N-ethyl adjacent to an activating group) is 1. The van der Waals surface area contributed by atoms with Crippen LogP contribution in [-0.4, -0.2) is 49.2 Å². The van der Waals surface area contributed by atoms with Gasteiger partial charge in [0.1, 0.15) is 11.9 Å². The molecule has 0 saturated carbocycles. The van der Waals surface area contributed by atoms with Gasteiger partial charge in [-0.2, -0.15) is 17.4 Å². The zero-order valence-corrected chi connectivity index (χ0v) is 16.0. The van der Waals surface area contributed by atoms with E-state index in [0.717, 1.165) is 30.0 Å². The Morgan fingerprint density at radius 3 is 2.62 bits per heavy atom. The molecule has 0 aliphatic carbocycles. The van der Waals surface area contributed by atoms with Gasteiger partial charge in [0.15, 0.2) is 0 Å². The molecule has 1 aromatic rings. The Morgan fingerprint density at radius 2 is 1.96 bits per heavy atom. The topological polar surface area (TPSA) is 69.7 Å². The Morgan fingerprint density at radius 1 is 1.27 bits per heavy atom. The summed E-state index contributed by atoms with van der Waals surface area (Å²) in [4.78, 5) is 15.0. The molecule has 3 rings (SSSR count). The summed E-state index contributed by atoms with van der Waals surface area (Å²) in [5.41, 5.74) is 0.659. The molecule has 2 aliphatic heterocycles. The zero-order chi connectivity index (χ0) is 18.9. The summed E-state index contributed by atoms with van der Waals surface area (Å²) in [5.74, 6) is -0.507. The van der Waals surface area contributed by atoms with Crippen molar-refractivity contribution in [2.24, 2.45) is 0 Å². The molecule has 26 heavy (non-hydrogen) atoms. The van der Waals surface area contributed by atoms with Crippen molar-refractivity contribution in [3.8, 4) is 0 Å². The lowest BCUT2D eigenvalue weighted by atomic mass is 9.95. The lowest BCUT2D eigenvalue weighted by Gasteiger charge is -2.42. The third-order valence-corrected chi connectivity index (χ3v) is 7.10. The number of nitrogens with zero attached hydrogens (tertiary/aromatic N) is 2. The molecule has 0 aromatic heterocycles. The van der Waals surface area contributed by atoms with Crippen molar-refractivity contribution in [3.05, 3.63) is 35.6 Å². The predicted octanol–water partition coefficient (Wildman–Crippen LogP) is 2.20. The number of hydrogen-bond donors (Lipinski definition) is 1. The summed E-state index contributed by atoms with van der Waals surface area (Å²) < 4.78 is 42.0. The molecule has 0 spiro atoms. The molecule has 2 heterocycles. The molecule has 1 amide bonds. The van der Waals surface area contributed by atoms with E-state index >= 15 is 0 Å². The van der Waals surface area contributed by atoms with Crippen LogP contribution in [0.15, 0.2) is 24.3 Å². The minimum atomic E-state index is -3.78. The first-order chi connectivity index (χ1) is 12.3. The molecule has 144 valence electrons. The number of likely N-dealkylation sites (tertiary alicyclic amines) is 1. The normalized spacial score (nSPS) is 29.5. The maximum absolute atomic E-state index is 13.2. The van der Waals surface area contributed by atoms with Crippen LogP contribution in [0.25, 0.3) is 0 Å². The largest absolute Gasteiger partial charge is 0.338 e. The van der Waals surface area contributed by atoms with Crippen molar-refractivity contribution < 1.29 is 17.6 Å². The smallest absolute Gasteiger partial charge is 0.280 e. The van der Waals surface area contributed by atoms with E-state index in [1.165, 1.54) is 19.2 Å². The average Bonchev–Trinajstić information content (AvgIpc) is 2.63. The summed E-state index contributed by atoms with van der Waals surface area (Å²) >= 11 is 0. The number of carbonyl (C=O) groups is 1. The number of halogens is 1. The molecular formula is C18H26FN3O3S. The van der Waals surface area contributed by atoms with Gasteiger partial charge >= 0.3 is 0 Å². The summed E-state index contributed by atoms with van der Waals surface area (Å²) in [5, 5.41) is 0. The zero-order valence-electron chi connectivity index (χ0n) is 15.2. The highest BCUT2D eigenvalue weighted by molar-refractivity contribution is 7.87. The standard InChI is InChI=1S/C18H26FN3O3S/c1-3-15-6-4-5-11-22(15)18(23)17-12-16(20-26(24,25)21(17)2)13-7-9-14(19)10-8-13/h7-10,15-17,20H,3-6,11-12H2,1-2H3/t15-,16-,17+/m0/s1. The molecule has 8 heteroatoms. The molecule has 0 bridgehead atoms. The summed E-state index contributed by atoms with van der Waals surface area (Å²) in [6, 6.07) is 4.61. The lowest BCUT2D eigenvalue weighted by Crippen LogP contribution is -2.59. The van der Waals surface area contributed by atoms with Crippen LogP contribution < -0.4 is 4.72 Å². The van der Waals surface area contributed by atoms with Crippen LogP contribution in [0.2, 0.25) is 0 Å². The first kappa shape index (κ1) is 19.3. The highest BCUT2D eigenvalue weighted by Gasteiger charge is 2.43. The van der Waals surface area contributed by atoms with Gasteiger partial charge in [-0.3, -0.25) is 4.79 Å². The van der Waals surface area contributed by atoms with Gasteiger partial charge in [-0.25, -0.2) is 4.39 Å². The van der Waals surface area contributed by atoms with E-state index in [4.69, 9.17) is 0 Å². The van der Waals surface area contributed by atoms with Gasteiger partial charge in [-0.1, -0.05) is 19.1 Å². The number of nitrogens with one attached hydrogen (secondary N) is 1. The van der Waals surface area contributed by atoms with Crippen molar-refractivity contribution in [2.75, 3.05) is 13.6 Å². The minimum absolute atomic E-state index is 0.128. The molecule has 1 aromatic carbocycles. The Hall–Kier alpha value is -1.51. The maximum atomic E-state index is 13.2. The Kier molecular flexibility index (Phi) is 5.64. The fourth-order valence-electron chi connectivity index (χ4n) is 3.91. The first-order valence-corrected chi connectivity index (χ1v) is 10.6. The quantitative estimate of drug-likeness (QED) is 0.870. The maximum Gasteiger partial charge on any atom is 0.280 e. The second kappa shape index (κ2) is 7.62. The highest BCUT2D eigenvalue weighted by atomic mass is 32.2. The van der Waals surface area contributed by atoms with Crippen LogP contribution in [-0.2, 0) is 15.0 Å². The second-order valence-electron chi connectivity index (χ2n) is 7.08. The molecule has 2 aliphatic rings. The van der Waals surface area contributed by atoms with Crippen LogP contribution in [0.1, 0.15) is 50.6 Å². The van der Waals surface area contributed by atoms with Crippen molar-refractivity contribution in [1.82, 2.24) is 13.9 Å². The van der Waals surface area contributed by atoms with Crippen LogP contribution >= 0.6 is 0 Å². The lowest BCUT2D eigenvalue weighted by molar-refractivity contribution is -0.139. The van der Waals surface area contributed by atoms with Gasteiger partial charge in [0.2, 0.25) is 5.91 Å². The van der Waals surface area contributed by atoms with Gasteiger partial charge in [0, 0.05) is 25.7 Å². The summed E-state index contributed by atoms with van der Waals surface area (Å²) in [7, 11) is -2.34. The number of rotatable bonds is 3. The summed E-state index contributed by atoms with van der Waals surface area (Å²) in [6.07, 6.45) is 4.21. The fraction of sp³-hybridized carbons (Fsp3) is 0.611. The van der Waals surface area contributed by atoms with Gasteiger partial charge in [-0.15, -0.1) is 0 Å². The van der Waals surface area contributed by atoms with Crippen molar-refractivity contribution in [1.29, 1.82) is 0 Å². The monoisotopic (exact) mass is 383 g/mol. The van der Waals surface area contributed by atoms with Crippen molar-refractivity contribution in [2.45, 2.75) is 57.2 Å². The third kappa shape index (κ3) is 3.77. The number of piperidine rings is 1. The second-order valence-corrected chi connectivity index (χ2v) is 8.85. The molecule has 1 N–H and O–H groups in total. The Balaban J connectivity index is 1.86. The average molecular weight is 383 g/mol. The number of hydrogen-bond acceptors (Lipinski definition) is 3. The molecule has 0 radical (unpaired) electrons. The molecule has 2 saturated heterocycles. The summed E-state index contributed by atoms with van der Waals surface area (Å²) in [6.45, 7) is 2.73. The van der Waals surface area contributed by atoms with Crippen LogP contribution in [0.3, 0.4) is 0 Å². The van der Waals surface area contributed by atoms with Gasteiger partial charge in [0.25, 0.3) is 10.2 Å². The van der Waals surface area contributed by atoms with Crippen molar-refractivity contribution >= 4 is 16.1 Å². The van der Waals surface area contributed by atoms with E-state index < -0.39 is 22.3 Å². The van der Waals surface area contributed by atoms with E-state index in [1.54, 1.807) is 12.1 Å². The highest BCUT2D eigenvalue weighted by Crippen LogP contribution is 2.30. The van der Waals surface area contributed by atoms with Gasteiger partial charge < -0.3 is 4.90 Å². The van der Waals surface area contributed by atoms with Gasteiger partial charge in [0.05, 0.1) is 0 Å². The molecule has 2 fully saturated rings. The van der Waals surface area contributed by atoms with E-state index in [9.17, 15) is 17.6 Å². The third-order valence-electron chi connectivity index (χ3n) is 5.51. The molecule has 3 atom stereocenters. The predicted molar refractivity (Wildman–Crippen MR) is 97.0 cm³/mol. The van der Waals surface area contributed by atoms with E-state index in [0.29, 0.717) is 18.5 Å². The number of carbonyl (C=O) groups excluding carboxylic acids is 1. The van der Waals surface area contributed by atoms with Crippen LogP contribution in [0.4, 0.5) is 4.39 Å². The Labute approximate surface area is 154 Å². The van der Waals surface area contributed by atoms with Gasteiger partial charge in [-0.05, 0) is 49.8 Å². The van der Waals surface area contributed by atoms with Crippen molar-refractivity contribution in [3.63, 3.8) is 0 Å².